The number of hydrogen-bond donors (Lipinski definition) is 1. The smallest absolute Gasteiger partial charge is 0.251 e. The fourth-order valence-corrected chi connectivity index (χ4v) is 3.32. The number of carbonyl (C=O) groups excluding carboxylic acids is 1. The van der Waals surface area contributed by atoms with Gasteiger partial charge in [-0.25, -0.2) is 0 Å². The first-order chi connectivity index (χ1) is 14.6. The number of benzene rings is 2. The molecule has 0 aliphatic rings. The van der Waals surface area contributed by atoms with Crippen molar-refractivity contribution in [3.05, 3.63) is 76.9 Å². The van der Waals surface area contributed by atoms with E-state index in [0.717, 1.165) is 11.1 Å². The van der Waals surface area contributed by atoms with Crippen LogP contribution in [0.5, 0.6) is 11.5 Å². The first kappa shape index (κ1) is 19.7. The number of methoxy groups -OCH3 is 2. The number of fused-ring (bicyclic) bond motifs is 1. The summed E-state index contributed by atoms with van der Waals surface area (Å²) in [6.07, 6.45) is 1.77. The largest absolute Gasteiger partial charge is 0.493 e. The molecular formula is C22H19ClN4O3. The van der Waals surface area contributed by atoms with Crippen molar-refractivity contribution < 1.29 is 14.3 Å². The summed E-state index contributed by atoms with van der Waals surface area (Å²) in [4.78, 5) is 12.6. The van der Waals surface area contributed by atoms with E-state index in [4.69, 9.17) is 21.1 Å². The third-order valence-electron chi connectivity index (χ3n) is 4.66. The second-order valence-electron chi connectivity index (χ2n) is 6.55. The van der Waals surface area contributed by atoms with E-state index in [2.05, 4.69) is 15.5 Å². The van der Waals surface area contributed by atoms with E-state index >= 15 is 0 Å². The van der Waals surface area contributed by atoms with Gasteiger partial charge >= 0.3 is 0 Å². The molecule has 0 aliphatic carbocycles. The molecule has 0 saturated carbocycles. The van der Waals surface area contributed by atoms with Crippen LogP contribution in [0, 0.1) is 0 Å². The maximum absolute atomic E-state index is 12.6. The Kier molecular flexibility index (Phi) is 5.54. The van der Waals surface area contributed by atoms with Crippen molar-refractivity contribution in [2.45, 2.75) is 6.54 Å². The lowest BCUT2D eigenvalue weighted by Crippen LogP contribution is -2.22. The fraction of sp³-hybridized carbons (Fsp3) is 0.136. The van der Waals surface area contributed by atoms with E-state index in [0.29, 0.717) is 40.1 Å². The van der Waals surface area contributed by atoms with Gasteiger partial charge in [0, 0.05) is 28.9 Å². The molecule has 30 heavy (non-hydrogen) atoms. The monoisotopic (exact) mass is 422 g/mol. The van der Waals surface area contributed by atoms with Gasteiger partial charge in [0.1, 0.15) is 0 Å². The molecule has 0 spiro atoms. The van der Waals surface area contributed by atoms with Gasteiger partial charge < -0.3 is 14.8 Å². The number of aromatic nitrogens is 3. The van der Waals surface area contributed by atoms with Gasteiger partial charge in [-0.2, -0.15) is 0 Å². The Bertz CT molecular complexity index is 1220. The Morgan fingerprint density at radius 2 is 1.87 bits per heavy atom. The van der Waals surface area contributed by atoms with Gasteiger partial charge in [-0.1, -0.05) is 29.8 Å². The van der Waals surface area contributed by atoms with Crippen molar-refractivity contribution in [1.29, 1.82) is 0 Å². The molecule has 1 amide bonds. The normalized spacial score (nSPS) is 10.8. The van der Waals surface area contributed by atoms with Crippen molar-refractivity contribution in [2.24, 2.45) is 0 Å². The molecule has 2 aromatic heterocycles. The van der Waals surface area contributed by atoms with Crippen molar-refractivity contribution in [1.82, 2.24) is 19.9 Å². The molecule has 7 nitrogen and oxygen atoms in total. The van der Waals surface area contributed by atoms with Crippen LogP contribution in [-0.2, 0) is 6.54 Å². The molecule has 2 aromatic carbocycles. The Hall–Kier alpha value is -3.58. The van der Waals surface area contributed by atoms with Crippen LogP contribution in [0.3, 0.4) is 0 Å². The van der Waals surface area contributed by atoms with Crippen LogP contribution in [0.2, 0.25) is 5.02 Å². The van der Waals surface area contributed by atoms with Gasteiger partial charge in [-0.15, -0.1) is 10.2 Å². The van der Waals surface area contributed by atoms with Gasteiger partial charge in [-0.05, 0) is 42.0 Å². The minimum atomic E-state index is -0.209. The minimum absolute atomic E-state index is 0.209. The first-order valence-electron chi connectivity index (χ1n) is 9.19. The lowest BCUT2D eigenvalue weighted by molar-refractivity contribution is 0.0951. The maximum Gasteiger partial charge on any atom is 0.251 e. The highest BCUT2D eigenvalue weighted by molar-refractivity contribution is 6.30. The predicted molar refractivity (Wildman–Crippen MR) is 114 cm³/mol. The van der Waals surface area contributed by atoms with Gasteiger partial charge in [0.15, 0.2) is 23.0 Å². The van der Waals surface area contributed by atoms with E-state index in [1.165, 1.54) is 0 Å². The van der Waals surface area contributed by atoms with Crippen LogP contribution in [0.1, 0.15) is 15.9 Å². The number of hydrogen-bond acceptors (Lipinski definition) is 5. The number of pyridine rings is 1. The first-order valence-corrected chi connectivity index (χ1v) is 9.56. The maximum atomic E-state index is 12.6. The van der Waals surface area contributed by atoms with Gasteiger partial charge in [-0.3, -0.25) is 9.20 Å². The number of nitrogens with zero attached hydrogens (tertiary/aromatic N) is 3. The van der Waals surface area contributed by atoms with Crippen LogP contribution in [0.25, 0.3) is 17.0 Å². The third kappa shape index (κ3) is 3.92. The number of carbonyl (C=O) groups is 1. The van der Waals surface area contributed by atoms with E-state index in [-0.39, 0.29) is 5.91 Å². The second-order valence-corrected chi connectivity index (χ2v) is 6.99. The summed E-state index contributed by atoms with van der Waals surface area (Å²) in [5.74, 6) is 1.70. The number of amides is 1. The average molecular weight is 423 g/mol. The number of ether oxygens (including phenoxy) is 2. The third-order valence-corrected chi connectivity index (χ3v) is 4.89. The highest BCUT2D eigenvalue weighted by Gasteiger charge is 2.12. The molecule has 4 aromatic rings. The zero-order chi connectivity index (χ0) is 21.1. The average Bonchev–Trinajstić information content (AvgIpc) is 3.20. The van der Waals surface area contributed by atoms with Crippen LogP contribution in [0.4, 0.5) is 0 Å². The quantitative estimate of drug-likeness (QED) is 0.508. The molecule has 0 fully saturated rings. The molecule has 2 heterocycles. The molecule has 1 N–H and O–H groups in total. The summed E-state index contributed by atoms with van der Waals surface area (Å²) >= 11 is 6.08. The molecule has 0 unspecified atom stereocenters. The summed E-state index contributed by atoms with van der Waals surface area (Å²) in [5, 5.41) is 11.9. The summed E-state index contributed by atoms with van der Waals surface area (Å²) < 4.78 is 12.3. The van der Waals surface area contributed by atoms with Crippen LogP contribution in [0.15, 0.2) is 60.8 Å². The SMILES string of the molecule is COc1ccc(CNC(=O)c2ccn3c(-c4cccc(Cl)c4)nnc3c2)cc1OC. The van der Waals surface area contributed by atoms with Gasteiger partial charge in [0.2, 0.25) is 0 Å². The standard InChI is InChI=1S/C22H19ClN4O3/c1-29-18-7-6-14(10-19(18)30-2)13-24-22(28)16-8-9-27-20(12-16)25-26-21(27)15-4-3-5-17(23)11-15/h3-12H,13H2,1-2H3,(H,24,28). The summed E-state index contributed by atoms with van der Waals surface area (Å²) in [7, 11) is 3.16. The summed E-state index contributed by atoms with van der Waals surface area (Å²) in [6.45, 7) is 0.352. The molecule has 0 saturated heterocycles. The van der Waals surface area contributed by atoms with Crippen molar-refractivity contribution >= 4 is 23.2 Å². The predicted octanol–water partition coefficient (Wildman–Crippen LogP) is 4.00. The molecule has 0 aliphatic heterocycles. The Morgan fingerprint density at radius 3 is 2.63 bits per heavy atom. The van der Waals surface area contributed by atoms with E-state index < -0.39 is 0 Å². The number of rotatable bonds is 6. The highest BCUT2D eigenvalue weighted by Crippen LogP contribution is 2.27. The van der Waals surface area contributed by atoms with E-state index in [9.17, 15) is 4.79 Å². The van der Waals surface area contributed by atoms with Crippen LogP contribution in [-0.4, -0.2) is 34.7 Å². The lowest BCUT2D eigenvalue weighted by atomic mass is 10.2. The fourth-order valence-electron chi connectivity index (χ4n) is 3.13. The number of halogens is 1. The van der Waals surface area contributed by atoms with Crippen molar-refractivity contribution in [3.8, 4) is 22.9 Å². The molecule has 0 atom stereocenters. The van der Waals surface area contributed by atoms with Crippen molar-refractivity contribution in [2.75, 3.05) is 14.2 Å². The van der Waals surface area contributed by atoms with Crippen molar-refractivity contribution in [3.63, 3.8) is 0 Å². The molecule has 4 rings (SSSR count). The van der Waals surface area contributed by atoms with E-state index in [1.807, 2.05) is 34.7 Å². The van der Waals surface area contributed by atoms with Gasteiger partial charge in [0.05, 0.1) is 14.2 Å². The number of nitrogens with one attached hydrogen (secondary N) is 1. The van der Waals surface area contributed by atoms with Crippen LogP contribution >= 0.6 is 11.6 Å². The molecule has 0 bridgehead atoms. The molecule has 8 heteroatoms. The Morgan fingerprint density at radius 1 is 1.03 bits per heavy atom. The Labute approximate surface area is 178 Å². The zero-order valence-electron chi connectivity index (χ0n) is 16.4. The zero-order valence-corrected chi connectivity index (χ0v) is 17.2. The lowest BCUT2D eigenvalue weighted by Gasteiger charge is -2.10. The molecular weight excluding hydrogens is 404 g/mol. The molecule has 152 valence electrons. The van der Waals surface area contributed by atoms with Gasteiger partial charge in [0.25, 0.3) is 5.91 Å². The topological polar surface area (TPSA) is 77.8 Å². The Balaban J connectivity index is 1.52. The minimum Gasteiger partial charge on any atom is -0.493 e. The summed E-state index contributed by atoms with van der Waals surface area (Å²) in [5.41, 5.74) is 2.81. The summed E-state index contributed by atoms with van der Waals surface area (Å²) in [6, 6.07) is 16.3. The van der Waals surface area contributed by atoms with Crippen LogP contribution < -0.4 is 14.8 Å². The molecule has 0 radical (unpaired) electrons. The second kappa shape index (κ2) is 8.42. The van der Waals surface area contributed by atoms with E-state index in [1.54, 1.807) is 44.7 Å². The highest BCUT2D eigenvalue weighted by atomic mass is 35.5.